The van der Waals surface area contributed by atoms with Crippen LogP contribution in [0.4, 0.5) is 0 Å². The molecule has 0 saturated heterocycles. The van der Waals surface area contributed by atoms with E-state index in [1.165, 1.54) is 16.8 Å². The molecular weight excluding hydrogens is 402 g/mol. The monoisotopic (exact) mass is 419 g/mol. The summed E-state index contributed by atoms with van der Waals surface area (Å²) >= 11 is 9.67. The fourth-order valence-electron chi connectivity index (χ4n) is 3.23. The van der Waals surface area contributed by atoms with Gasteiger partial charge in [0.15, 0.2) is 0 Å². The molecule has 0 spiro atoms. The minimum atomic E-state index is -0.755. The van der Waals surface area contributed by atoms with E-state index in [0.29, 0.717) is 11.4 Å². The van der Waals surface area contributed by atoms with Crippen LogP contribution in [0.15, 0.2) is 46.9 Å². The van der Waals surface area contributed by atoms with E-state index in [4.69, 9.17) is 16.7 Å². The van der Waals surface area contributed by atoms with Gasteiger partial charge in [0.25, 0.3) is 0 Å². The molecule has 0 fully saturated rings. The molecule has 3 nitrogen and oxygen atoms in total. The molecule has 3 aromatic rings. The Morgan fingerprint density at radius 1 is 1.20 bits per heavy atom. The van der Waals surface area contributed by atoms with Gasteiger partial charge in [-0.05, 0) is 61.2 Å². The van der Waals surface area contributed by atoms with Gasteiger partial charge in [0.1, 0.15) is 0 Å². The second-order valence-corrected chi connectivity index (χ2v) is 7.54. The van der Waals surface area contributed by atoms with E-state index in [9.17, 15) is 4.79 Å². The Labute approximate surface area is 160 Å². The Bertz CT molecular complexity index is 916. The number of nitrogens with zero attached hydrogens (tertiary/aromatic N) is 1. The van der Waals surface area contributed by atoms with Gasteiger partial charge in [-0.25, -0.2) is 0 Å². The molecule has 1 heterocycles. The zero-order chi connectivity index (χ0) is 18.0. The lowest BCUT2D eigenvalue weighted by Crippen LogP contribution is -2.03. The Hall–Kier alpha value is -1.78. The summed E-state index contributed by atoms with van der Waals surface area (Å²) < 4.78 is 3.34. The van der Waals surface area contributed by atoms with Crippen LogP contribution < -0.4 is 0 Å². The first kappa shape index (κ1) is 18.0. The molecule has 0 atom stereocenters. The van der Waals surface area contributed by atoms with Crippen LogP contribution in [0.3, 0.4) is 0 Å². The van der Waals surface area contributed by atoms with Crippen LogP contribution in [-0.4, -0.2) is 15.6 Å². The number of aromatic nitrogens is 1. The van der Waals surface area contributed by atoms with Gasteiger partial charge >= 0.3 is 5.97 Å². The zero-order valence-electron chi connectivity index (χ0n) is 13.9. The lowest BCUT2D eigenvalue weighted by molar-refractivity contribution is -0.137. The van der Waals surface area contributed by atoms with Gasteiger partial charge in [0.2, 0.25) is 0 Å². The summed E-state index contributed by atoms with van der Waals surface area (Å²) in [7, 11) is 0. The molecule has 0 aliphatic carbocycles. The van der Waals surface area contributed by atoms with Crippen LogP contribution in [0.1, 0.15) is 29.7 Å². The van der Waals surface area contributed by atoms with E-state index in [1.807, 2.05) is 30.3 Å². The first-order valence-electron chi connectivity index (χ1n) is 8.19. The van der Waals surface area contributed by atoms with Crippen LogP contribution >= 0.6 is 27.5 Å². The summed E-state index contributed by atoms with van der Waals surface area (Å²) in [4.78, 5) is 10.8. The number of aryl methyl sites for hydroxylation is 1. The fraction of sp³-hybridized carbons (Fsp3) is 0.250. The van der Waals surface area contributed by atoms with E-state index in [-0.39, 0.29) is 6.42 Å². The normalized spacial score (nSPS) is 11.2. The SMILES string of the molecule is Cc1c(CCCC(=O)O)c2cc(Cl)ccc2n1Cc1ccc(Br)cc1. The van der Waals surface area contributed by atoms with Crippen molar-refractivity contribution in [1.29, 1.82) is 0 Å². The van der Waals surface area contributed by atoms with Gasteiger partial charge in [-0.3, -0.25) is 4.79 Å². The molecular formula is C20H19BrClNO2. The summed E-state index contributed by atoms with van der Waals surface area (Å²) in [6, 6.07) is 14.2. The number of hydrogen-bond donors (Lipinski definition) is 1. The number of carboxylic acids is 1. The standard InChI is InChI=1S/C20H19BrClNO2/c1-13-17(3-2-4-20(24)25)18-11-16(22)9-10-19(18)23(13)12-14-5-7-15(21)8-6-14/h5-11H,2-4,12H2,1H3,(H,24,25). The maximum absolute atomic E-state index is 10.8. The highest BCUT2D eigenvalue weighted by atomic mass is 79.9. The van der Waals surface area contributed by atoms with E-state index in [2.05, 4.69) is 39.6 Å². The predicted octanol–water partition coefficient (Wildman–Crippen LogP) is 5.82. The van der Waals surface area contributed by atoms with Crippen molar-refractivity contribution in [2.45, 2.75) is 32.7 Å². The van der Waals surface area contributed by atoms with Crippen molar-refractivity contribution in [1.82, 2.24) is 4.57 Å². The highest BCUT2D eigenvalue weighted by Gasteiger charge is 2.15. The number of fused-ring (bicyclic) bond motifs is 1. The average molecular weight is 421 g/mol. The van der Waals surface area contributed by atoms with E-state index in [0.717, 1.165) is 28.3 Å². The van der Waals surface area contributed by atoms with Crippen LogP contribution in [0.25, 0.3) is 10.9 Å². The average Bonchev–Trinajstić information content (AvgIpc) is 2.81. The molecule has 25 heavy (non-hydrogen) atoms. The summed E-state index contributed by atoms with van der Waals surface area (Å²) in [5.74, 6) is -0.755. The van der Waals surface area contributed by atoms with E-state index >= 15 is 0 Å². The van der Waals surface area contributed by atoms with Gasteiger partial charge in [-0.2, -0.15) is 0 Å². The highest BCUT2D eigenvalue weighted by Crippen LogP contribution is 2.30. The van der Waals surface area contributed by atoms with Crippen molar-refractivity contribution >= 4 is 44.4 Å². The molecule has 2 aromatic carbocycles. The highest BCUT2D eigenvalue weighted by molar-refractivity contribution is 9.10. The van der Waals surface area contributed by atoms with Gasteiger partial charge in [0, 0.05) is 39.1 Å². The van der Waals surface area contributed by atoms with Crippen molar-refractivity contribution in [3.05, 3.63) is 68.8 Å². The number of rotatable bonds is 6. The molecule has 5 heteroatoms. The third kappa shape index (κ3) is 4.07. The molecule has 1 aromatic heterocycles. The number of aliphatic carboxylic acids is 1. The molecule has 1 N–H and O–H groups in total. The number of hydrogen-bond acceptors (Lipinski definition) is 1. The molecule has 0 amide bonds. The maximum Gasteiger partial charge on any atom is 0.303 e. The summed E-state index contributed by atoms with van der Waals surface area (Å²) in [5.41, 5.74) is 4.71. The topological polar surface area (TPSA) is 42.2 Å². The minimum absolute atomic E-state index is 0.180. The second-order valence-electron chi connectivity index (χ2n) is 6.19. The zero-order valence-corrected chi connectivity index (χ0v) is 16.3. The Balaban J connectivity index is 2.00. The summed E-state index contributed by atoms with van der Waals surface area (Å²) in [5, 5.41) is 10.7. The molecule has 0 aliphatic heterocycles. The van der Waals surface area contributed by atoms with Gasteiger partial charge < -0.3 is 9.67 Å². The second kappa shape index (κ2) is 7.63. The number of benzene rings is 2. The lowest BCUT2D eigenvalue weighted by atomic mass is 10.0. The largest absolute Gasteiger partial charge is 0.481 e. The first-order valence-corrected chi connectivity index (χ1v) is 9.36. The molecule has 0 radical (unpaired) electrons. The van der Waals surface area contributed by atoms with Crippen LogP contribution in [0.2, 0.25) is 5.02 Å². The molecule has 0 saturated carbocycles. The van der Waals surface area contributed by atoms with Crippen molar-refractivity contribution < 1.29 is 9.90 Å². The number of carbonyl (C=O) groups is 1. The smallest absolute Gasteiger partial charge is 0.303 e. The van der Waals surface area contributed by atoms with E-state index in [1.54, 1.807) is 0 Å². The molecule has 0 aliphatic rings. The molecule has 3 rings (SSSR count). The lowest BCUT2D eigenvalue weighted by Gasteiger charge is -2.09. The summed E-state index contributed by atoms with van der Waals surface area (Å²) in [6.07, 6.45) is 1.54. The fourth-order valence-corrected chi connectivity index (χ4v) is 3.67. The Kier molecular flexibility index (Phi) is 5.50. The Morgan fingerprint density at radius 3 is 2.60 bits per heavy atom. The molecule has 0 bridgehead atoms. The van der Waals surface area contributed by atoms with Crippen LogP contribution in [0, 0.1) is 6.92 Å². The molecule has 0 unspecified atom stereocenters. The van der Waals surface area contributed by atoms with Crippen molar-refractivity contribution in [3.8, 4) is 0 Å². The predicted molar refractivity (Wildman–Crippen MR) is 106 cm³/mol. The van der Waals surface area contributed by atoms with Crippen LogP contribution in [-0.2, 0) is 17.8 Å². The summed E-state index contributed by atoms with van der Waals surface area (Å²) in [6.45, 7) is 2.87. The Morgan fingerprint density at radius 2 is 1.92 bits per heavy atom. The van der Waals surface area contributed by atoms with Crippen molar-refractivity contribution in [2.24, 2.45) is 0 Å². The number of halogens is 2. The third-order valence-corrected chi connectivity index (χ3v) is 5.25. The van der Waals surface area contributed by atoms with Gasteiger partial charge in [-0.15, -0.1) is 0 Å². The molecule has 130 valence electrons. The maximum atomic E-state index is 10.8. The van der Waals surface area contributed by atoms with Crippen molar-refractivity contribution in [2.75, 3.05) is 0 Å². The third-order valence-electron chi connectivity index (χ3n) is 4.49. The first-order chi connectivity index (χ1) is 12.0. The van der Waals surface area contributed by atoms with Crippen LogP contribution in [0.5, 0.6) is 0 Å². The number of carboxylic acid groups (broad SMARTS) is 1. The van der Waals surface area contributed by atoms with Crippen molar-refractivity contribution in [3.63, 3.8) is 0 Å². The minimum Gasteiger partial charge on any atom is -0.481 e. The van der Waals surface area contributed by atoms with E-state index < -0.39 is 5.97 Å². The quantitative estimate of drug-likeness (QED) is 0.546. The van der Waals surface area contributed by atoms with Gasteiger partial charge in [0.05, 0.1) is 0 Å². The van der Waals surface area contributed by atoms with Gasteiger partial charge in [-0.1, -0.05) is 39.7 Å².